The van der Waals surface area contributed by atoms with E-state index in [0.717, 1.165) is 94.6 Å². The number of rotatable bonds is 12. The smallest absolute Gasteiger partial charge is 0.119 e. The fraction of sp³-hybridized carbons (Fsp3) is 0.0308. The fourth-order valence-corrected chi connectivity index (χ4v) is 9.48. The van der Waals surface area contributed by atoms with Gasteiger partial charge in [-0.05, 0) is 140 Å². The molecule has 0 saturated heterocycles. The van der Waals surface area contributed by atoms with Gasteiger partial charge in [-0.25, -0.2) is 0 Å². The Morgan fingerprint density at radius 2 is 0.871 bits per heavy atom. The maximum absolute atomic E-state index is 10.6. The Hall–Kier alpha value is -9.21. The zero-order chi connectivity index (χ0) is 47.4. The summed E-state index contributed by atoms with van der Waals surface area (Å²) in [5, 5.41) is 28.9. The second kappa shape index (κ2) is 19.2. The van der Waals surface area contributed by atoms with E-state index in [1.54, 1.807) is 7.11 Å². The molecule has 0 radical (unpaired) electrons. The molecule has 0 saturated carbocycles. The molecule has 11 rings (SSSR count). The topological polar surface area (TPSA) is 59.7 Å². The summed E-state index contributed by atoms with van der Waals surface area (Å²) in [5.41, 5.74) is 12.1. The largest absolute Gasteiger partial charge is 0.497 e. The zero-order valence-electron chi connectivity index (χ0n) is 38.6. The van der Waals surface area contributed by atoms with E-state index in [-0.39, 0.29) is 6.61 Å². The highest BCUT2D eigenvalue weighted by molar-refractivity contribution is 6.06. The second-order valence-electron chi connectivity index (χ2n) is 17.4. The molecule has 0 aliphatic heterocycles. The molecule has 0 spiro atoms. The van der Waals surface area contributed by atoms with Gasteiger partial charge in [-0.15, -0.1) is 0 Å². The quantitative estimate of drug-likeness (QED) is 0.0978. The van der Waals surface area contributed by atoms with Crippen LogP contribution in [0.5, 0.6) is 5.75 Å². The number of methoxy groups -OCH3 is 1. The fourth-order valence-electron chi connectivity index (χ4n) is 9.48. The molecule has 5 heteroatoms. The van der Waals surface area contributed by atoms with Crippen LogP contribution in [0.15, 0.2) is 224 Å². The number of hydrogen-bond acceptors (Lipinski definition) is 5. The maximum Gasteiger partial charge on any atom is 0.119 e. The van der Waals surface area contributed by atoms with Crippen molar-refractivity contribution in [1.29, 1.82) is 5.26 Å². The maximum atomic E-state index is 10.6. The van der Waals surface area contributed by atoms with Gasteiger partial charge >= 0.3 is 0 Å². The third-order valence-corrected chi connectivity index (χ3v) is 13.1. The summed E-state index contributed by atoms with van der Waals surface area (Å²) in [6.07, 6.45) is 8.49. The number of nitriles is 1. The zero-order valence-corrected chi connectivity index (χ0v) is 38.6. The summed E-state index contributed by atoms with van der Waals surface area (Å²) in [4.78, 5) is 4.55. The second-order valence-corrected chi connectivity index (χ2v) is 17.4. The number of anilines is 6. The summed E-state index contributed by atoms with van der Waals surface area (Å²) in [6.45, 7) is 0.00137. The van der Waals surface area contributed by atoms with E-state index in [0.29, 0.717) is 5.56 Å². The van der Waals surface area contributed by atoms with Crippen molar-refractivity contribution in [2.24, 2.45) is 0 Å². The molecule has 0 aliphatic rings. The predicted molar refractivity (Wildman–Crippen MR) is 294 cm³/mol. The van der Waals surface area contributed by atoms with Crippen LogP contribution < -0.4 is 14.5 Å². The Labute approximate surface area is 407 Å². The van der Waals surface area contributed by atoms with Crippen molar-refractivity contribution in [3.63, 3.8) is 0 Å². The van der Waals surface area contributed by atoms with E-state index in [1.807, 2.05) is 24.3 Å². The third kappa shape index (κ3) is 8.64. The standard InChI is InChI=1S/C65H47N3O2/c1-70-58-37-35-57(36-38-58)68(65-15-7-11-51-9-3-5-13-61(51)65)55-31-23-46(24-32-55)17-19-48-20-28-52-42-53-40-47(27-39-59(53)63(43-66)62(52)41-48)18-16-45-21-29-54(30-22-45)67(56-33-25-49(44-69)26-34-56)64-14-6-10-50-8-2-4-12-60(50)64/h2-42,69H,44H2,1H3. The number of nitrogens with zero attached hydrogens (tertiary/aromatic N) is 3. The van der Waals surface area contributed by atoms with Crippen molar-refractivity contribution in [2.75, 3.05) is 16.9 Å². The van der Waals surface area contributed by atoms with Crippen LogP contribution in [0.1, 0.15) is 33.4 Å². The molecule has 11 aromatic carbocycles. The normalized spacial score (nSPS) is 11.5. The first kappa shape index (κ1) is 43.4. The van der Waals surface area contributed by atoms with Crippen LogP contribution >= 0.6 is 0 Å². The van der Waals surface area contributed by atoms with Gasteiger partial charge in [-0.3, -0.25) is 0 Å². The number of benzene rings is 11. The molecule has 5 nitrogen and oxygen atoms in total. The molecule has 0 amide bonds. The van der Waals surface area contributed by atoms with Gasteiger partial charge in [0.15, 0.2) is 0 Å². The summed E-state index contributed by atoms with van der Waals surface area (Å²) in [5.74, 6) is 0.813. The van der Waals surface area contributed by atoms with Gasteiger partial charge < -0.3 is 19.6 Å². The van der Waals surface area contributed by atoms with E-state index < -0.39 is 0 Å². The minimum Gasteiger partial charge on any atom is -0.497 e. The first-order valence-electron chi connectivity index (χ1n) is 23.4. The van der Waals surface area contributed by atoms with Gasteiger partial charge in [0.25, 0.3) is 0 Å². The van der Waals surface area contributed by atoms with E-state index in [2.05, 4.69) is 240 Å². The van der Waals surface area contributed by atoms with Gasteiger partial charge in [-0.2, -0.15) is 5.26 Å². The molecule has 0 unspecified atom stereocenters. The van der Waals surface area contributed by atoms with Crippen molar-refractivity contribution in [1.82, 2.24) is 0 Å². The minimum absolute atomic E-state index is 0.00137. The van der Waals surface area contributed by atoms with Gasteiger partial charge in [0, 0.05) is 44.3 Å². The molecule has 0 bridgehead atoms. The van der Waals surface area contributed by atoms with E-state index in [9.17, 15) is 10.4 Å². The lowest BCUT2D eigenvalue weighted by Gasteiger charge is -2.27. The van der Waals surface area contributed by atoms with Gasteiger partial charge in [0.1, 0.15) is 11.8 Å². The van der Waals surface area contributed by atoms with Crippen LogP contribution in [0.3, 0.4) is 0 Å². The van der Waals surface area contributed by atoms with E-state index in [4.69, 9.17) is 4.74 Å². The number of hydrogen-bond donors (Lipinski definition) is 1. The van der Waals surface area contributed by atoms with Crippen LogP contribution in [-0.2, 0) is 6.61 Å². The van der Waals surface area contributed by atoms with Crippen molar-refractivity contribution < 1.29 is 9.84 Å². The van der Waals surface area contributed by atoms with Crippen LogP contribution in [0, 0.1) is 11.3 Å². The molecule has 0 heterocycles. The van der Waals surface area contributed by atoms with Crippen molar-refractivity contribution in [2.45, 2.75) is 6.61 Å². The van der Waals surface area contributed by atoms with Crippen molar-refractivity contribution >= 4 is 102 Å². The number of aliphatic hydroxyl groups is 1. The van der Waals surface area contributed by atoms with Crippen molar-refractivity contribution in [3.8, 4) is 11.8 Å². The van der Waals surface area contributed by atoms with Gasteiger partial charge in [0.2, 0.25) is 0 Å². The lowest BCUT2D eigenvalue weighted by atomic mass is 9.94. The summed E-state index contributed by atoms with van der Waals surface area (Å²) in [6, 6.07) is 80.5. The molecule has 0 aliphatic carbocycles. The monoisotopic (exact) mass is 901 g/mol. The SMILES string of the molecule is COc1ccc(N(c2ccc(C=Cc3ccc4cc5cc(C=Cc6ccc(N(c7ccc(CO)cc7)c7cccc8ccccc78)cc6)ccc5c(C#N)c4c3)cc2)c2cccc3ccccc23)cc1. The lowest BCUT2D eigenvalue weighted by Crippen LogP contribution is -2.10. The molecular weight excluding hydrogens is 855 g/mol. The minimum atomic E-state index is 0.00137. The first-order valence-corrected chi connectivity index (χ1v) is 23.4. The average molecular weight is 902 g/mol. The Morgan fingerprint density at radius 3 is 1.40 bits per heavy atom. The van der Waals surface area contributed by atoms with Crippen LogP contribution in [0.25, 0.3) is 67.4 Å². The Balaban J connectivity index is 0.837. The van der Waals surface area contributed by atoms with Gasteiger partial charge in [0.05, 0.1) is 30.7 Å². The Kier molecular flexibility index (Phi) is 11.9. The molecule has 11 aromatic rings. The average Bonchev–Trinajstić information content (AvgIpc) is 3.42. The molecule has 0 aromatic heterocycles. The highest BCUT2D eigenvalue weighted by Gasteiger charge is 2.17. The Morgan fingerprint density at radius 1 is 0.414 bits per heavy atom. The summed E-state index contributed by atoms with van der Waals surface area (Å²) >= 11 is 0. The third-order valence-electron chi connectivity index (χ3n) is 13.1. The predicted octanol–water partition coefficient (Wildman–Crippen LogP) is 17.0. The molecule has 1 N–H and O–H groups in total. The van der Waals surface area contributed by atoms with E-state index in [1.165, 1.54) is 16.2 Å². The lowest BCUT2D eigenvalue weighted by molar-refractivity contribution is 0.282. The number of fused-ring (bicyclic) bond motifs is 4. The van der Waals surface area contributed by atoms with Crippen molar-refractivity contribution in [3.05, 3.63) is 258 Å². The Bertz CT molecular complexity index is 3780. The molecule has 334 valence electrons. The summed E-state index contributed by atoms with van der Waals surface area (Å²) in [7, 11) is 1.69. The first-order chi connectivity index (χ1) is 34.5. The molecule has 0 fully saturated rings. The van der Waals surface area contributed by atoms with Crippen LogP contribution in [0.4, 0.5) is 34.1 Å². The van der Waals surface area contributed by atoms with E-state index >= 15 is 0 Å². The highest BCUT2D eigenvalue weighted by atomic mass is 16.5. The summed E-state index contributed by atoms with van der Waals surface area (Å²) < 4.78 is 5.48. The molecular formula is C65H47N3O2. The van der Waals surface area contributed by atoms with Gasteiger partial charge in [-0.1, -0.05) is 158 Å². The highest BCUT2D eigenvalue weighted by Crippen LogP contribution is 2.41. The van der Waals surface area contributed by atoms with Crippen LogP contribution in [0.2, 0.25) is 0 Å². The molecule has 70 heavy (non-hydrogen) atoms. The number of aliphatic hydroxyl groups excluding tert-OH is 1. The number of ether oxygens (including phenoxy) is 1. The van der Waals surface area contributed by atoms with Crippen LogP contribution in [-0.4, -0.2) is 12.2 Å². The molecule has 0 atom stereocenters.